The number of fused-ring (bicyclic) bond motifs is 1. The Hall–Kier alpha value is -2.94. The molecule has 0 radical (unpaired) electrons. The van der Waals surface area contributed by atoms with Gasteiger partial charge in [0.05, 0.1) is 26.8 Å². The maximum atomic E-state index is 11.9. The molecule has 2 aliphatic heterocycles. The molecule has 33 heavy (non-hydrogen) atoms. The fourth-order valence-corrected chi connectivity index (χ4v) is 5.16. The normalized spacial score (nSPS) is 18.4. The maximum absolute atomic E-state index is 11.9. The van der Waals surface area contributed by atoms with Crippen molar-refractivity contribution in [2.75, 3.05) is 37.6 Å². The van der Waals surface area contributed by atoms with Crippen LogP contribution in [0.2, 0.25) is 5.02 Å². The second kappa shape index (κ2) is 9.13. The molecule has 2 aromatic carbocycles. The number of likely N-dealkylation sites (N-methyl/N-ethyl adjacent to an activating group) is 1. The highest BCUT2D eigenvalue weighted by Gasteiger charge is 2.25. The van der Waals surface area contributed by atoms with Gasteiger partial charge in [-0.1, -0.05) is 30.7 Å². The van der Waals surface area contributed by atoms with Crippen LogP contribution in [0, 0.1) is 0 Å². The number of carbonyl (C=O) groups excluding carboxylic acids is 2. The zero-order chi connectivity index (χ0) is 22.9. The van der Waals surface area contributed by atoms with Crippen molar-refractivity contribution in [1.82, 2.24) is 20.2 Å². The van der Waals surface area contributed by atoms with Gasteiger partial charge in [-0.05, 0) is 54.2 Å². The van der Waals surface area contributed by atoms with E-state index in [0.717, 1.165) is 77.9 Å². The number of aromatic nitrogens is 2. The van der Waals surface area contributed by atoms with Gasteiger partial charge in [0.1, 0.15) is 6.33 Å². The first-order valence-corrected chi connectivity index (χ1v) is 12.0. The van der Waals surface area contributed by atoms with E-state index in [9.17, 15) is 9.59 Å². The number of rotatable bonds is 4. The molecular formula is C24H22ClN5O2S. The predicted molar refractivity (Wildman–Crippen MR) is 133 cm³/mol. The molecule has 2 amide bonds. The number of nitrogens with zero attached hydrogens (tertiary/aromatic N) is 4. The van der Waals surface area contributed by atoms with Crippen LogP contribution < -0.4 is 10.2 Å². The Morgan fingerprint density at radius 1 is 1.09 bits per heavy atom. The molecule has 5 rings (SSSR count). The van der Waals surface area contributed by atoms with Crippen molar-refractivity contribution >= 4 is 57.2 Å². The van der Waals surface area contributed by atoms with E-state index >= 15 is 0 Å². The number of carbonyl (C=O) groups is 2. The highest BCUT2D eigenvalue weighted by Crippen LogP contribution is 2.34. The molecule has 2 aliphatic rings. The van der Waals surface area contributed by atoms with Gasteiger partial charge in [-0.15, -0.1) is 0 Å². The van der Waals surface area contributed by atoms with Crippen LogP contribution in [0.1, 0.15) is 12.5 Å². The summed E-state index contributed by atoms with van der Waals surface area (Å²) in [5.74, 6) is -0.378. The highest BCUT2D eigenvalue weighted by molar-refractivity contribution is 8.18. The van der Waals surface area contributed by atoms with E-state index in [-0.39, 0.29) is 11.1 Å². The molecule has 2 saturated heterocycles. The summed E-state index contributed by atoms with van der Waals surface area (Å²) in [6, 6.07) is 11.7. The molecule has 0 aliphatic carbocycles. The number of amides is 2. The Balaban J connectivity index is 1.48. The highest BCUT2D eigenvalue weighted by atomic mass is 35.5. The third-order valence-corrected chi connectivity index (χ3v) is 7.09. The minimum absolute atomic E-state index is 0.359. The topological polar surface area (TPSA) is 78.4 Å². The molecule has 168 valence electrons. The van der Waals surface area contributed by atoms with E-state index in [0.29, 0.717) is 9.93 Å². The van der Waals surface area contributed by atoms with E-state index in [2.05, 4.69) is 38.1 Å². The second-order valence-corrected chi connectivity index (χ2v) is 9.36. The number of anilines is 1. The summed E-state index contributed by atoms with van der Waals surface area (Å²) >= 11 is 7.62. The van der Waals surface area contributed by atoms with Crippen molar-refractivity contribution in [3.05, 3.63) is 58.2 Å². The number of halogens is 1. The van der Waals surface area contributed by atoms with Crippen molar-refractivity contribution in [3.8, 4) is 11.3 Å². The predicted octanol–water partition coefficient (Wildman–Crippen LogP) is 4.42. The lowest BCUT2D eigenvalue weighted by atomic mass is 10.0. The molecule has 0 spiro atoms. The third kappa shape index (κ3) is 4.46. The second-order valence-electron chi connectivity index (χ2n) is 7.94. The lowest BCUT2D eigenvalue weighted by molar-refractivity contribution is -0.115. The van der Waals surface area contributed by atoms with Gasteiger partial charge in [-0.3, -0.25) is 14.9 Å². The molecule has 7 nitrogen and oxygen atoms in total. The molecule has 0 unspecified atom stereocenters. The van der Waals surface area contributed by atoms with Gasteiger partial charge >= 0.3 is 0 Å². The first-order chi connectivity index (χ1) is 16.0. The summed E-state index contributed by atoms with van der Waals surface area (Å²) in [5.41, 5.74) is 4.29. The van der Waals surface area contributed by atoms with Gasteiger partial charge in [0.25, 0.3) is 11.1 Å². The van der Waals surface area contributed by atoms with Crippen LogP contribution in [-0.2, 0) is 4.79 Å². The summed E-state index contributed by atoms with van der Waals surface area (Å²) < 4.78 is 0. The smallest absolute Gasteiger partial charge is 0.290 e. The van der Waals surface area contributed by atoms with Crippen LogP contribution >= 0.6 is 23.4 Å². The average Bonchev–Trinajstić information content (AvgIpc) is 3.15. The first kappa shape index (κ1) is 21.9. The fourth-order valence-electron chi connectivity index (χ4n) is 4.18. The molecule has 9 heteroatoms. The molecule has 0 bridgehead atoms. The SMILES string of the molecule is CCN1CCN(c2ccc(-c3ncnc4ccc(C=C5SC(=O)NC5=O)cc34)cc2Cl)CC1. The molecule has 0 saturated carbocycles. The van der Waals surface area contributed by atoms with Crippen LogP contribution in [0.5, 0.6) is 0 Å². The van der Waals surface area contributed by atoms with Gasteiger partial charge in [-0.2, -0.15) is 0 Å². The number of imide groups is 1. The zero-order valence-corrected chi connectivity index (χ0v) is 19.6. The summed E-state index contributed by atoms with van der Waals surface area (Å²) in [5, 5.41) is 3.46. The maximum Gasteiger partial charge on any atom is 0.290 e. The van der Waals surface area contributed by atoms with Crippen LogP contribution in [0.25, 0.3) is 28.2 Å². The Morgan fingerprint density at radius 3 is 2.61 bits per heavy atom. The van der Waals surface area contributed by atoms with E-state index in [1.807, 2.05) is 30.3 Å². The number of thioether (sulfide) groups is 1. The number of piperazine rings is 1. The van der Waals surface area contributed by atoms with Crippen LogP contribution in [0.4, 0.5) is 10.5 Å². The molecular weight excluding hydrogens is 458 g/mol. The Bertz CT molecular complexity index is 1290. The molecule has 3 aromatic rings. The molecule has 3 heterocycles. The summed E-state index contributed by atoms with van der Waals surface area (Å²) in [6.07, 6.45) is 3.24. The van der Waals surface area contributed by atoms with E-state index in [4.69, 9.17) is 11.6 Å². The molecule has 0 atom stereocenters. The number of benzene rings is 2. The van der Waals surface area contributed by atoms with E-state index < -0.39 is 0 Å². The largest absolute Gasteiger partial charge is 0.368 e. The Kier molecular flexibility index (Phi) is 6.05. The number of nitrogens with one attached hydrogen (secondary N) is 1. The van der Waals surface area contributed by atoms with E-state index in [1.54, 1.807) is 12.4 Å². The quantitative estimate of drug-likeness (QED) is 0.555. The van der Waals surface area contributed by atoms with Gasteiger partial charge in [0.15, 0.2) is 0 Å². The standard InChI is InChI=1S/C24H22ClN5O2S/c1-2-29-7-9-30(10-8-29)20-6-4-16(13-18(20)25)22-17-11-15(3-5-19(17)26-14-27-22)12-21-23(31)28-24(32)33-21/h3-6,11-14H,2,7-10H2,1H3,(H,28,31,32). The van der Waals surface area contributed by atoms with Gasteiger partial charge in [0.2, 0.25) is 0 Å². The Labute approximate surface area is 200 Å². The van der Waals surface area contributed by atoms with Crippen molar-refractivity contribution in [1.29, 1.82) is 0 Å². The monoisotopic (exact) mass is 479 g/mol. The van der Waals surface area contributed by atoms with Crippen molar-refractivity contribution in [2.45, 2.75) is 6.92 Å². The molecule has 2 fully saturated rings. The Morgan fingerprint density at radius 2 is 1.91 bits per heavy atom. The zero-order valence-electron chi connectivity index (χ0n) is 18.0. The number of hydrogen-bond acceptors (Lipinski definition) is 7. The van der Waals surface area contributed by atoms with Gasteiger partial charge < -0.3 is 9.80 Å². The number of hydrogen-bond donors (Lipinski definition) is 1. The van der Waals surface area contributed by atoms with Crippen LogP contribution in [0.15, 0.2) is 47.6 Å². The summed E-state index contributed by atoms with van der Waals surface area (Å²) in [6.45, 7) is 7.23. The summed E-state index contributed by atoms with van der Waals surface area (Å²) in [4.78, 5) is 37.4. The van der Waals surface area contributed by atoms with Gasteiger partial charge in [-0.25, -0.2) is 9.97 Å². The minimum atomic E-state index is -0.378. The molecule has 1 N–H and O–H groups in total. The lowest BCUT2D eigenvalue weighted by Gasteiger charge is -2.36. The average molecular weight is 480 g/mol. The van der Waals surface area contributed by atoms with Crippen molar-refractivity contribution in [2.24, 2.45) is 0 Å². The first-order valence-electron chi connectivity index (χ1n) is 10.8. The van der Waals surface area contributed by atoms with Gasteiger partial charge in [0, 0.05) is 37.1 Å². The van der Waals surface area contributed by atoms with E-state index in [1.165, 1.54) is 0 Å². The lowest BCUT2D eigenvalue weighted by Crippen LogP contribution is -2.46. The third-order valence-electron chi connectivity index (χ3n) is 5.98. The van der Waals surface area contributed by atoms with Crippen LogP contribution in [-0.4, -0.2) is 58.7 Å². The van der Waals surface area contributed by atoms with Crippen molar-refractivity contribution < 1.29 is 9.59 Å². The molecule has 1 aromatic heterocycles. The minimum Gasteiger partial charge on any atom is -0.368 e. The van der Waals surface area contributed by atoms with Crippen LogP contribution in [0.3, 0.4) is 0 Å². The summed E-state index contributed by atoms with van der Waals surface area (Å²) in [7, 11) is 0. The fraction of sp³-hybridized carbons (Fsp3) is 0.250. The van der Waals surface area contributed by atoms with Crippen molar-refractivity contribution in [3.63, 3.8) is 0 Å².